The molecule has 0 unspecified atom stereocenters. The molecule has 0 aliphatic carbocycles. The molecule has 226 valence electrons. The molecule has 0 aliphatic heterocycles. The molecule has 2 aromatic rings. The standard InChI is InChI=1S/C24H29FN2O2.C7H10O.2C2H6/c1-5-17(3)20(9-7-8-19-12-10-18(6-2)11-13-19)24(28)27-16-21-23(25)22(29-4)14-15-26-21;1-3-4-5-6-7(2)8;2*1-2/h9-15H,3,5-8,16H2,1-2,4H3,(H,27,28);3-6H,1-2H3;2*1-2H3/b20-9+;4-3-,6-5-;;. The van der Waals surface area contributed by atoms with Gasteiger partial charge >= 0.3 is 0 Å². The van der Waals surface area contributed by atoms with Crippen LogP contribution in [0.15, 0.2) is 84.6 Å². The van der Waals surface area contributed by atoms with E-state index in [2.05, 4.69) is 48.1 Å². The molecule has 5 nitrogen and oxygen atoms in total. The van der Waals surface area contributed by atoms with Gasteiger partial charge in [-0.2, -0.15) is 0 Å². The highest BCUT2D eigenvalue weighted by Crippen LogP contribution is 2.19. The number of carbonyl (C=O) groups is 2. The molecule has 0 atom stereocenters. The van der Waals surface area contributed by atoms with Gasteiger partial charge in [-0.3, -0.25) is 14.6 Å². The number of carbonyl (C=O) groups excluding carboxylic acids is 2. The summed E-state index contributed by atoms with van der Waals surface area (Å²) < 4.78 is 19.2. The van der Waals surface area contributed by atoms with Crippen molar-refractivity contribution >= 4 is 11.7 Å². The fourth-order valence-corrected chi connectivity index (χ4v) is 3.22. The van der Waals surface area contributed by atoms with Crippen molar-refractivity contribution in [3.63, 3.8) is 0 Å². The van der Waals surface area contributed by atoms with Gasteiger partial charge in [0.1, 0.15) is 0 Å². The summed E-state index contributed by atoms with van der Waals surface area (Å²) in [4.78, 5) is 26.9. The largest absolute Gasteiger partial charge is 0.494 e. The Kier molecular flexibility index (Phi) is 24.2. The molecule has 41 heavy (non-hydrogen) atoms. The Labute approximate surface area is 248 Å². The van der Waals surface area contributed by atoms with E-state index in [1.54, 1.807) is 6.08 Å². The zero-order valence-corrected chi connectivity index (χ0v) is 26.6. The number of benzene rings is 1. The molecule has 0 spiro atoms. The Morgan fingerprint density at radius 1 is 1.02 bits per heavy atom. The maximum absolute atomic E-state index is 14.2. The molecule has 0 bridgehead atoms. The number of allylic oxidation sites excluding steroid dienone is 5. The first-order valence-corrected chi connectivity index (χ1v) is 14.5. The molecule has 1 aromatic carbocycles. The minimum Gasteiger partial charge on any atom is -0.494 e. The van der Waals surface area contributed by atoms with Crippen LogP contribution in [-0.4, -0.2) is 23.8 Å². The number of pyridine rings is 1. The van der Waals surface area contributed by atoms with E-state index in [1.807, 2.05) is 59.8 Å². The number of ether oxygens (including phenoxy) is 1. The quantitative estimate of drug-likeness (QED) is 0.206. The van der Waals surface area contributed by atoms with Gasteiger partial charge in [0.2, 0.25) is 0 Å². The summed E-state index contributed by atoms with van der Waals surface area (Å²) in [6.07, 6.45) is 13.5. The topological polar surface area (TPSA) is 68.3 Å². The highest BCUT2D eigenvalue weighted by Gasteiger charge is 2.15. The molecule has 0 fully saturated rings. The normalized spacial score (nSPS) is 10.4. The Bertz CT molecular complexity index is 1120. The molecular formula is C35H51FN2O3. The zero-order chi connectivity index (χ0) is 31.6. The molecule has 6 heteroatoms. The van der Waals surface area contributed by atoms with E-state index in [4.69, 9.17) is 4.74 Å². The lowest BCUT2D eigenvalue weighted by Crippen LogP contribution is -2.26. The van der Waals surface area contributed by atoms with Crippen molar-refractivity contribution in [1.82, 2.24) is 10.3 Å². The average Bonchev–Trinajstić information content (AvgIpc) is 3.01. The Hall–Kier alpha value is -3.80. The third-order valence-electron chi connectivity index (χ3n) is 5.46. The summed E-state index contributed by atoms with van der Waals surface area (Å²) in [6.45, 7) is 19.5. The van der Waals surface area contributed by atoms with Crippen molar-refractivity contribution in [3.8, 4) is 5.75 Å². The molecule has 0 saturated carbocycles. The fourth-order valence-electron chi connectivity index (χ4n) is 3.22. The summed E-state index contributed by atoms with van der Waals surface area (Å²) in [7, 11) is 1.39. The van der Waals surface area contributed by atoms with Gasteiger partial charge in [-0.15, -0.1) is 0 Å². The molecule has 0 saturated heterocycles. The summed E-state index contributed by atoms with van der Waals surface area (Å²) in [5.74, 6) is -0.650. The molecule has 1 heterocycles. The second-order valence-corrected chi connectivity index (χ2v) is 8.24. The molecule has 1 amide bonds. The van der Waals surface area contributed by atoms with Gasteiger partial charge in [-0.05, 0) is 62.3 Å². The lowest BCUT2D eigenvalue weighted by Gasteiger charge is -2.12. The predicted molar refractivity (Wildman–Crippen MR) is 172 cm³/mol. The van der Waals surface area contributed by atoms with Crippen LogP contribution < -0.4 is 10.1 Å². The van der Waals surface area contributed by atoms with Gasteiger partial charge < -0.3 is 10.1 Å². The second-order valence-electron chi connectivity index (χ2n) is 8.24. The average molecular weight is 567 g/mol. The third-order valence-corrected chi connectivity index (χ3v) is 5.46. The fraction of sp³-hybridized carbons (Fsp3) is 0.400. The van der Waals surface area contributed by atoms with Crippen LogP contribution in [0.25, 0.3) is 0 Å². The van der Waals surface area contributed by atoms with Crippen molar-refractivity contribution in [2.45, 2.75) is 87.6 Å². The number of rotatable bonds is 12. The molecule has 2 rings (SSSR count). The minimum absolute atomic E-state index is 0.0192. The van der Waals surface area contributed by atoms with Gasteiger partial charge in [0.15, 0.2) is 17.3 Å². The van der Waals surface area contributed by atoms with Crippen molar-refractivity contribution in [3.05, 3.63) is 107 Å². The van der Waals surface area contributed by atoms with E-state index < -0.39 is 5.82 Å². The van der Waals surface area contributed by atoms with E-state index in [9.17, 15) is 14.0 Å². The lowest BCUT2D eigenvalue weighted by atomic mass is 10.0. The van der Waals surface area contributed by atoms with Crippen LogP contribution in [0.3, 0.4) is 0 Å². The summed E-state index contributed by atoms with van der Waals surface area (Å²) in [6, 6.07) is 9.95. The first-order chi connectivity index (χ1) is 19.8. The number of amides is 1. The monoisotopic (exact) mass is 566 g/mol. The number of hydrogen-bond acceptors (Lipinski definition) is 4. The first kappa shape index (κ1) is 39.3. The van der Waals surface area contributed by atoms with Gasteiger partial charge in [0.25, 0.3) is 5.91 Å². The predicted octanol–water partition coefficient (Wildman–Crippen LogP) is 8.69. The van der Waals surface area contributed by atoms with Crippen LogP contribution in [0.2, 0.25) is 0 Å². The smallest absolute Gasteiger partial charge is 0.251 e. The van der Waals surface area contributed by atoms with Crippen molar-refractivity contribution < 1.29 is 18.7 Å². The van der Waals surface area contributed by atoms with E-state index in [0.717, 1.165) is 24.8 Å². The number of aryl methyl sites for hydroxylation is 2. The van der Waals surface area contributed by atoms with Crippen LogP contribution >= 0.6 is 0 Å². The number of hydrogen-bond donors (Lipinski definition) is 1. The second kappa shape index (κ2) is 25.2. The lowest BCUT2D eigenvalue weighted by molar-refractivity contribution is -0.117. The Balaban J connectivity index is 0. The zero-order valence-electron chi connectivity index (χ0n) is 26.6. The summed E-state index contributed by atoms with van der Waals surface area (Å²) in [5, 5.41) is 2.74. The van der Waals surface area contributed by atoms with Crippen molar-refractivity contribution in [2.75, 3.05) is 7.11 Å². The van der Waals surface area contributed by atoms with Crippen molar-refractivity contribution in [2.24, 2.45) is 0 Å². The maximum atomic E-state index is 14.2. The van der Waals surface area contributed by atoms with Crippen LogP contribution in [0.4, 0.5) is 4.39 Å². The maximum Gasteiger partial charge on any atom is 0.251 e. The number of nitrogens with one attached hydrogen (secondary N) is 1. The Morgan fingerprint density at radius 2 is 1.63 bits per heavy atom. The SMILES string of the molecule is C/C=C\C=C/C(C)=O.C=C(CC)/C(=C\CCc1ccc(CC)cc1)C(=O)NCc1nccc(OC)c1F.CC.CC. The van der Waals surface area contributed by atoms with E-state index in [1.165, 1.54) is 43.5 Å². The molecular weight excluding hydrogens is 515 g/mol. The Morgan fingerprint density at radius 3 is 2.15 bits per heavy atom. The molecule has 0 radical (unpaired) electrons. The van der Waals surface area contributed by atoms with E-state index in [-0.39, 0.29) is 29.7 Å². The van der Waals surface area contributed by atoms with Crippen LogP contribution in [0.5, 0.6) is 5.75 Å². The number of halogens is 1. The molecule has 0 aliphatic rings. The highest BCUT2D eigenvalue weighted by atomic mass is 19.1. The molecule has 1 N–H and O–H groups in total. The van der Waals surface area contributed by atoms with Gasteiger partial charge in [0, 0.05) is 17.8 Å². The number of aromatic nitrogens is 1. The number of nitrogens with zero attached hydrogens (tertiary/aromatic N) is 1. The number of ketones is 1. The van der Waals surface area contributed by atoms with Crippen LogP contribution in [-0.2, 0) is 29.0 Å². The van der Waals surface area contributed by atoms with Crippen LogP contribution in [0, 0.1) is 5.82 Å². The highest BCUT2D eigenvalue weighted by molar-refractivity contribution is 5.97. The van der Waals surface area contributed by atoms with Gasteiger partial charge in [-0.25, -0.2) is 4.39 Å². The summed E-state index contributed by atoms with van der Waals surface area (Å²) >= 11 is 0. The van der Waals surface area contributed by atoms with E-state index in [0.29, 0.717) is 12.0 Å². The van der Waals surface area contributed by atoms with Crippen LogP contribution in [0.1, 0.15) is 85.1 Å². The number of methoxy groups -OCH3 is 1. The minimum atomic E-state index is -0.564. The van der Waals surface area contributed by atoms with Gasteiger partial charge in [0.05, 0.1) is 19.3 Å². The third kappa shape index (κ3) is 16.8. The molecule has 1 aromatic heterocycles. The van der Waals surface area contributed by atoms with E-state index >= 15 is 0 Å². The first-order valence-electron chi connectivity index (χ1n) is 14.5. The van der Waals surface area contributed by atoms with Gasteiger partial charge in [-0.1, -0.05) is 96.7 Å². The van der Waals surface area contributed by atoms with Crippen molar-refractivity contribution in [1.29, 1.82) is 0 Å². The summed E-state index contributed by atoms with van der Waals surface area (Å²) in [5.41, 5.74) is 3.96.